The molecular formula is C10H11ClFNO2S. The van der Waals surface area contributed by atoms with Crippen LogP contribution >= 0.6 is 11.6 Å². The summed E-state index contributed by atoms with van der Waals surface area (Å²) in [4.78, 5) is 0. The van der Waals surface area contributed by atoms with Crippen molar-refractivity contribution in [2.75, 3.05) is 6.54 Å². The molecule has 88 valence electrons. The van der Waals surface area contributed by atoms with Crippen molar-refractivity contribution in [1.82, 2.24) is 4.72 Å². The Labute approximate surface area is 99.0 Å². The Kier molecular flexibility index (Phi) is 4.46. The molecule has 0 heterocycles. The van der Waals surface area contributed by atoms with Gasteiger partial charge in [-0.2, -0.15) is 0 Å². The maximum Gasteiger partial charge on any atom is 0.216 e. The number of benzene rings is 1. The molecule has 1 aromatic carbocycles. The first kappa shape index (κ1) is 13.2. The fourth-order valence-electron chi connectivity index (χ4n) is 1.04. The third-order valence-electron chi connectivity index (χ3n) is 1.75. The lowest BCUT2D eigenvalue weighted by atomic mass is 10.2. The predicted octanol–water partition coefficient (Wildman–Crippen LogP) is 2.00. The van der Waals surface area contributed by atoms with Gasteiger partial charge in [-0.25, -0.2) is 17.5 Å². The fraction of sp³-hybridized carbons (Fsp3) is 0.200. The molecule has 0 aromatic heterocycles. The highest BCUT2D eigenvalue weighted by molar-refractivity contribution is 7.88. The molecule has 0 aliphatic carbocycles. The Morgan fingerprint density at radius 3 is 2.44 bits per heavy atom. The largest absolute Gasteiger partial charge is 0.216 e. The van der Waals surface area contributed by atoms with E-state index >= 15 is 0 Å². The maximum absolute atomic E-state index is 12.6. The van der Waals surface area contributed by atoms with Crippen molar-refractivity contribution >= 4 is 21.6 Å². The van der Waals surface area contributed by atoms with Gasteiger partial charge < -0.3 is 0 Å². The molecule has 0 aliphatic heterocycles. The summed E-state index contributed by atoms with van der Waals surface area (Å²) < 4.78 is 37.8. The molecular weight excluding hydrogens is 253 g/mol. The number of nitrogens with one attached hydrogen (secondary N) is 1. The van der Waals surface area contributed by atoms with Gasteiger partial charge in [-0.1, -0.05) is 30.3 Å². The van der Waals surface area contributed by atoms with E-state index in [4.69, 9.17) is 11.6 Å². The summed E-state index contributed by atoms with van der Waals surface area (Å²) >= 11 is 5.44. The summed E-state index contributed by atoms with van der Waals surface area (Å²) in [6.07, 6.45) is 0. The number of hydrogen-bond donors (Lipinski definition) is 1. The molecule has 1 N–H and O–H groups in total. The molecule has 0 aliphatic rings. The van der Waals surface area contributed by atoms with Crippen LogP contribution in [-0.4, -0.2) is 15.0 Å². The standard InChI is InChI=1S/C10H11ClFNO2S/c1-8(11)6-13-16(14,15)7-9-2-4-10(12)5-3-9/h2-5,13H,1,6-7H2. The summed E-state index contributed by atoms with van der Waals surface area (Å²) in [6.45, 7) is 3.36. The van der Waals surface area contributed by atoms with E-state index in [2.05, 4.69) is 11.3 Å². The van der Waals surface area contributed by atoms with Gasteiger partial charge in [-0.15, -0.1) is 0 Å². The van der Waals surface area contributed by atoms with Gasteiger partial charge in [-0.05, 0) is 17.7 Å². The molecule has 0 fully saturated rings. The normalized spacial score (nSPS) is 11.4. The minimum atomic E-state index is -3.46. The van der Waals surface area contributed by atoms with Gasteiger partial charge in [0.05, 0.1) is 5.75 Å². The molecule has 1 aromatic rings. The number of rotatable bonds is 5. The van der Waals surface area contributed by atoms with Crippen LogP contribution in [0, 0.1) is 5.82 Å². The summed E-state index contributed by atoms with van der Waals surface area (Å²) in [7, 11) is -3.46. The predicted molar refractivity (Wildman–Crippen MR) is 62.0 cm³/mol. The highest BCUT2D eigenvalue weighted by Gasteiger charge is 2.11. The van der Waals surface area contributed by atoms with Gasteiger partial charge in [0.2, 0.25) is 10.0 Å². The second-order valence-corrected chi connectivity index (χ2v) is 5.57. The zero-order chi connectivity index (χ0) is 12.2. The van der Waals surface area contributed by atoms with Gasteiger partial charge >= 0.3 is 0 Å². The van der Waals surface area contributed by atoms with Crippen molar-refractivity contribution in [3.05, 3.63) is 47.3 Å². The number of halogens is 2. The number of hydrogen-bond acceptors (Lipinski definition) is 2. The van der Waals surface area contributed by atoms with E-state index in [-0.39, 0.29) is 17.3 Å². The van der Waals surface area contributed by atoms with Gasteiger partial charge in [0.25, 0.3) is 0 Å². The number of sulfonamides is 1. The zero-order valence-electron chi connectivity index (χ0n) is 8.41. The molecule has 0 spiro atoms. The first-order chi connectivity index (χ1) is 7.39. The van der Waals surface area contributed by atoms with Crippen LogP contribution in [0.15, 0.2) is 35.9 Å². The minimum absolute atomic E-state index is 0.00885. The molecule has 0 bridgehead atoms. The zero-order valence-corrected chi connectivity index (χ0v) is 9.98. The Morgan fingerprint density at radius 2 is 1.94 bits per heavy atom. The second-order valence-electron chi connectivity index (χ2n) is 3.22. The summed E-state index contributed by atoms with van der Waals surface area (Å²) in [6, 6.07) is 5.27. The van der Waals surface area contributed by atoms with E-state index in [0.717, 1.165) is 0 Å². The van der Waals surface area contributed by atoms with Crippen LogP contribution in [0.25, 0.3) is 0 Å². The summed E-state index contributed by atoms with van der Waals surface area (Å²) in [5, 5.41) is 0.211. The van der Waals surface area contributed by atoms with Gasteiger partial charge in [0.1, 0.15) is 5.82 Å². The van der Waals surface area contributed by atoms with E-state index in [1.165, 1.54) is 24.3 Å². The van der Waals surface area contributed by atoms with E-state index in [1.54, 1.807) is 0 Å². The smallest absolute Gasteiger partial charge is 0.212 e. The minimum Gasteiger partial charge on any atom is -0.212 e. The molecule has 6 heteroatoms. The molecule has 1 rings (SSSR count). The van der Waals surface area contributed by atoms with E-state index < -0.39 is 15.8 Å². The van der Waals surface area contributed by atoms with Crippen LogP contribution in [0.2, 0.25) is 0 Å². The van der Waals surface area contributed by atoms with E-state index in [1.807, 2.05) is 0 Å². The average Bonchev–Trinajstić information content (AvgIpc) is 2.19. The Hall–Kier alpha value is -0.910. The van der Waals surface area contributed by atoms with Gasteiger partial charge in [0.15, 0.2) is 0 Å². The highest BCUT2D eigenvalue weighted by Crippen LogP contribution is 2.07. The quantitative estimate of drug-likeness (QED) is 0.883. The summed E-state index contributed by atoms with van der Waals surface area (Å²) in [5.74, 6) is -0.611. The monoisotopic (exact) mass is 263 g/mol. The Balaban J connectivity index is 2.65. The molecule has 0 saturated carbocycles. The van der Waals surface area contributed by atoms with Crippen LogP contribution in [0.4, 0.5) is 4.39 Å². The van der Waals surface area contributed by atoms with Crippen molar-refractivity contribution in [1.29, 1.82) is 0 Å². The molecule has 0 radical (unpaired) electrons. The molecule has 0 unspecified atom stereocenters. The topological polar surface area (TPSA) is 46.2 Å². The van der Waals surface area contributed by atoms with Crippen molar-refractivity contribution in [2.45, 2.75) is 5.75 Å². The maximum atomic E-state index is 12.6. The van der Waals surface area contributed by atoms with E-state index in [9.17, 15) is 12.8 Å². The Bertz CT molecular complexity index is 470. The summed E-state index contributed by atoms with van der Waals surface area (Å²) in [5.41, 5.74) is 0.508. The van der Waals surface area contributed by atoms with Gasteiger partial charge in [-0.3, -0.25) is 0 Å². The lowest BCUT2D eigenvalue weighted by molar-refractivity contribution is 0.584. The fourth-order valence-corrected chi connectivity index (χ4v) is 2.31. The third kappa shape index (κ3) is 4.74. The van der Waals surface area contributed by atoms with Crippen molar-refractivity contribution < 1.29 is 12.8 Å². The van der Waals surface area contributed by atoms with Crippen LogP contribution < -0.4 is 4.72 Å². The van der Waals surface area contributed by atoms with Crippen LogP contribution in [0.3, 0.4) is 0 Å². The van der Waals surface area contributed by atoms with Crippen LogP contribution in [0.1, 0.15) is 5.56 Å². The Morgan fingerprint density at radius 1 is 1.38 bits per heavy atom. The molecule has 0 saturated heterocycles. The van der Waals surface area contributed by atoms with Gasteiger partial charge in [0, 0.05) is 11.6 Å². The van der Waals surface area contributed by atoms with Crippen LogP contribution in [-0.2, 0) is 15.8 Å². The molecule has 0 amide bonds. The first-order valence-electron chi connectivity index (χ1n) is 4.44. The molecule has 16 heavy (non-hydrogen) atoms. The third-order valence-corrected chi connectivity index (χ3v) is 3.19. The lowest BCUT2D eigenvalue weighted by Crippen LogP contribution is -2.26. The molecule has 3 nitrogen and oxygen atoms in total. The van der Waals surface area contributed by atoms with Crippen molar-refractivity contribution in [3.63, 3.8) is 0 Å². The second kappa shape index (κ2) is 5.43. The first-order valence-corrected chi connectivity index (χ1v) is 6.47. The van der Waals surface area contributed by atoms with Crippen molar-refractivity contribution in [3.8, 4) is 0 Å². The van der Waals surface area contributed by atoms with Crippen molar-refractivity contribution in [2.24, 2.45) is 0 Å². The lowest BCUT2D eigenvalue weighted by Gasteiger charge is -2.05. The van der Waals surface area contributed by atoms with Crippen LogP contribution in [0.5, 0.6) is 0 Å². The molecule has 0 atom stereocenters. The average molecular weight is 264 g/mol. The SMILES string of the molecule is C=C(Cl)CNS(=O)(=O)Cc1ccc(F)cc1. The van der Waals surface area contributed by atoms with E-state index in [0.29, 0.717) is 5.56 Å². The highest BCUT2D eigenvalue weighted by atomic mass is 35.5.